The number of hydrogen-bond donors (Lipinski definition) is 0. The molecule has 72 heavy (non-hydrogen) atoms. The predicted octanol–water partition coefficient (Wildman–Crippen LogP) is 13.5. The molecule has 0 spiro atoms. The minimum Gasteiger partial charge on any atom is -0.309 e. The Hall–Kier alpha value is -7.89. The number of rotatable bonds is 9. The van der Waals surface area contributed by atoms with Crippen molar-refractivity contribution in [1.29, 1.82) is 0 Å². The van der Waals surface area contributed by atoms with E-state index in [1.54, 1.807) is 0 Å². The fourth-order valence-corrected chi connectivity index (χ4v) is 21.0. The maximum absolute atomic E-state index is 18.0. The van der Waals surface area contributed by atoms with E-state index in [2.05, 4.69) is 72.8 Å². The van der Waals surface area contributed by atoms with Crippen LogP contribution in [-0.2, 0) is 13.7 Å². The summed E-state index contributed by atoms with van der Waals surface area (Å²) in [6.07, 6.45) is 0. The van der Waals surface area contributed by atoms with Gasteiger partial charge in [-0.2, -0.15) is 0 Å². The van der Waals surface area contributed by atoms with Gasteiger partial charge in [-0.25, -0.2) is 0 Å². The maximum Gasteiger partial charge on any atom is 0.172 e. The molecule has 0 radical (unpaired) electrons. The highest BCUT2D eigenvalue weighted by Crippen LogP contribution is 2.53. The van der Waals surface area contributed by atoms with Crippen LogP contribution in [0.1, 0.15) is 0 Å². The van der Waals surface area contributed by atoms with E-state index in [1.165, 1.54) is 0 Å². The van der Waals surface area contributed by atoms with Crippen LogP contribution in [0.4, 0.5) is 0 Å². The summed E-state index contributed by atoms with van der Waals surface area (Å²) in [6.45, 7) is 0. The molecule has 0 bridgehead atoms. The fourth-order valence-electron chi connectivity index (χ4n) is 11.2. The van der Waals surface area contributed by atoms with Gasteiger partial charge in [-0.3, -0.25) is 0 Å². The molecular formula is C66H45O3P3. The lowest BCUT2D eigenvalue weighted by atomic mass is 10.1. The second-order valence-corrected chi connectivity index (χ2v) is 26.6. The predicted molar refractivity (Wildman–Crippen MR) is 310 cm³/mol. The lowest BCUT2D eigenvalue weighted by molar-refractivity contribution is 0.592. The van der Waals surface area contributed by atoms with Crippen LogP contribution in [0.15, 0.2) is 273 Å². The zero-order chi connectivity index (χ0) is 48.4. The van der Waals surface area contributed by atoms with E-state index in [-0.39, 0.29) is 0 Å². The van der Waals surface area contributed by atoms with Gasteiger partial charge in [0.05, 0.1) is 0 Å². The molecule has 0 heterocycles. The molecule has 0 aromatic heterocycles. The summed E-state index contributed by atoms with van der Waals surface area (Å²) in [4.78, 5) is 0. The first kappa shape index (κ1) is 44.1. The molecule has 6 heteroatoms. The van der Waals surface area contributed by atoms with Gasteiger partial charge in [0.2, 0.25) is 0 Å². The van der Waals surface area contributed by atoms with Crippen LogP contribution in [0.5, 0.6) is 0 Å². The van der Waals surface area contributed by atoms with Crippen molar-refractivity contribution >= 4 is 134 Å². The SMILES string of the molecule is O=P(c1cc(P(=O)(c2cccc3ccccc23)c2cccc3ccccc23)cc(P(=O)(c2cccc3ccccc23)c2cccc3ccccc23)c1)(c1cccc2ccccc12)c1cccc2ccccc12. The molecule has 0 saturated heterocycles. The van der Waals surface area contributed by atoms with Gasteiger partial charge >= 0.3 is 0 Å². The minimum absolute atomic E-state index is 0.448. The molecule has 0 atom stereocenters. The Labute approximate surface area is 418 Å². The van der Waals surface area contributed by atoms with Gasteiger partial charge in [-0.1, -0.05) is 255 Å². The summed E-state index contributed by atoms with van der Waals surface area (Å²) in [7, 11) is -12.2. The van der Waals surface area contributed by atoms with E-state index in [0.717, 1.165) is 64.6 Å². The highest BCUT2D eigenvalue weighted by molar-refractivity contribution is 7.89. The Morgan fingerprint density at radius 2 is 0.333 bits per heavy atom. The van der Waals surface area contributed by atoms with Gasteiger partial charge in [-0.05, 0) is 82.8 Å². The molecule has 342 valence electrons. The first-order chi connectivity index (χ1) is 35.3. The van der Waals surface area contributed by atoms with E-state index in [0.29, 0.717) is 47.7 Å². The lowest BCUT2D eigenvalue weighted by Gasteiger charge is -2.30. The first-order valence-corrected chi connectivity index (χ1v) is 29.3. The van der Waals surface area contributed by atoms with Crippen LogP contribution in [0.25, 0.3) is 64.6 Å². The summed E-state index contributed by atoms with van der Waals surface area (Å²) in [6, 6.07) is 90.5. The summed E-state index contributed by atoms with van der Waals surface area (Å²) in [5.74, 6) is 0. The van der Waals surface area contributed by atoms with Crippen molar-refractivity contribution in [3.8, 4) is 0 Å². The average molecular weight is 979 g/mol. The number of hydrogen-bond acceptors (Lipinski definition) is 3. The molecule has 0 aliphatic rings. The summed E-state index contributed by atoms with van der Waals surface area (Å²) >= 11 is 0. The molecule has 0 aliphatic heterocycles. The van der Waals surface area contributed by atoms with Gasteiger partial charge < -0.3 is 13.7 Å². The largest absolute Gasteiger partial charge is 0.309 e. The molecule has 13 rings (SSSR count). The molecule has 0 fully saturated rings. The Balaban J connectivity index is 1.26. The molecular weight excluding hydrogens is 934 g/mol. The van der Waals surface area contributed by atoms with Gasteiger partial charge in [0.15, 0.2) is 21.4 Å². The third-order valence-electron chi connectivity index (χ3n) is 14.6. The van der Waals surface area contributed by atoms with Gasteiger partial charge in [0.25, 0.3) is 0 Å². The molecule has 0 amide bonds. The van der Waals surface area contributed by atoms with Crippen molar-refractivity contribution in [3.63, 3.8) is 0 Å². The Kier molecular flexibility index (Phi) is 10.7. The molecule has 0 unspecified atom stereocenters. The minimum atomic E-state index is -4.06. The van der Waals surface area contributed by atoms with Crippen LogP contribution >= 0.6 is 21.4 Å². The molecule has 13 aromatic carbocycles. The van der Waals surface area contributed by atoms with Crippen molar-refractivity contribution in [1.82, 2.24) is 0 Å². The smallest absolute Gasteiger partial charge is 0.172 e. The highest BCUT2D eigenvalue weighted by atomic mass is 31.2. The van der Waals surface area contributed by atoms with E-state index in [1.807, 2.05) is 200 Å². The topological polar surface area (TPSA) is 51.2 Å². The normalized spacial score (nSPS) is 12.3. The summed E-state index contributed by atoms with van der Waals surface area (Å²) < 4.78 is 54.1. The maximum atomic E-state index is 18.0. The van der Waals surface area contributed by atoms with Crippen LogP contribution in [0, 0.1) is 0 Å². The third kappa shape index (κ3) is 6.84. The monoisotopic (exact) mass is 978 g/mol. The zero-order valence-corrected chi connectivity index (χ0v) is 41.7. The van der Waals surface area contributed by atoms with Crippen LogP contribution in [0.2, 0.25) is 0 Å². The van der Waals surface area contributed by atoms with E-state index in [9.17, 15) is 0 Å². The quantitative estimate of drug-likeness (QED) is 0.135. The molecule has 13 aromatic rings. The Bertz CT molecular complexity index is 3730. The van der Waals surface area contributed by atoms with Crippen LogP contribution in [0.3, 0.4) is 0 Å². The first-order valence-electron chi connectivity index (χ1n) is 24.2. The van der Waals surface area contributed by atoms with Crippen molar-refractivity contribution in [2.75, 3.05) is 0 Å². The van der Waals surface area contributed by atoms with E-state index < -0.39 is 21.4 Å². The van der Waals surface area contributed by atoms with Crippen molar-refractivity contribution < 1.29 is 13.7 Å². The summed E-state index contributed by atoms with van der Waals surface area (Å²) in [5.41, 5.74) is 0. The van der Waals surface area contributed by atoms with E-state index in [4.69, 9.17) is 0 Å². The molecule has 0 N–H and O–H groups in total. The van der Waals surface area contributed by atoms with Gasteiger partial charge in [0, 0.05) is 47.7 Å². The molecule has 0 saturated carbocycles. The second kappa shape index (κ2) is 17.5. The second-order valence-electron chi connectivity index (χ2n) is 18.5. The molecule has 0 aliphatic carbocycles. The fraction of sp³-hybridized carbons (Fsp3) is 0. The lowest BCUT2D eigenvalue weighted by Crippen LogP contribution is -2.36. The van der Waals surface area contributed by atoms with Crippen LogP contribution < -0.4 is 47.7 Å². The number of benzene rings is 13. The Morgan fingerprint density at radius 1 is 0.181 bits per heavy atom. The standard InChI is InChI=1S/C66H45O3P3/c67-70(61-37-13-25-46-19-1-7-31-55(46)61,62-38-14-26-47-20-2-8-32-56(47)62)52-43-53(71(68,63-39-15-27-48-21-3-9-33-57(48)63)64-40-16-28-49-22-4-10-34-58(49)64)45-54(44-52)72(69,65-41-17-29-50-23-5-11-35-59(50)65)66-42-18-30-51-24-6-12-36-60(51)66/h1-45H. The zero-order valence-electron chi connectivity index (χ0n) is 39.0. The van der Waals surface area contributed by atoms with E-state index >= 15 is 13.7 Å². The Morgan fingerprint density at radius 3 is 0.514 bits per heavy atom. The average Bonchev–Trinajstić information content (AvgIpc) is 3.45. The van der Waals surface area contributed by atoms with Gasteiger partial charge in [0.1, 0.15) is 0 Å². The molecule has 3 nitrogen and oxygen atoms in total. The van der Waals surface area contributed by atoms with Gasteiger partial charge in [-0.15, -0.1) is 0 Å². The van der Waals surface area contributed by atoms with Crippen LogP contribution in [-0.4, -0.2) is 0 Å². The van der Waals surface area contributed by atoms with Crippen molar-refractivity contribution in [2.45, 2.75) is 0 Å². The summed E-state index contributed by atoms with van der Waals surface area (Å²) in [5, 5.41) is 16.0. The highest BCUT2D eigenvalue weighted by Gasteiger charge is 2.42. The third-order valence-corrected chi connectivity index (χ3v) is 24.0. The number of fused-ring (bicyclic) bond motifs is 6. The van der Waals surface area contributed by atoms with Crippen molar-refractivity contribution in [2.24, 2.45) is 0 Å². The van der Waals surface area contributed by atoms with Crippen molar-refractivity contribution in [3.05, 3.63) is 273 Å².